The molecule has 7 nitrogen and oxygen atoms in total. The maximum absolute atomic E-state index is 13.3. The van der Waals surface area contributed by atoms with Crippen molar-refractivity contribution in [2.45, 2.75) is 10.8 Å². The number of sulfonamides is 1. The van der Waals surface area contributed by atoms with Crippen molar-refractivity contribution in [2.75, 3.05) is 11.8 Å². The molecule has 8 heteroatoms. The number of carbonyl (C=O) groups is 1. The molecule has 0 unspecified atom stereocenters. The van der Waals surface area contributed by atoms with Crippen LogP contribution in [0.25, 0.3) is 0 Å². The Hall–Kier alpha value is -4.30. The Balaban J connectivity index is 1.50. The largest absolute Gasteiger partial charge is 0.497 e. The molecule has 1 aromatic heterocycles. The predicted octanol–water partition coefficient (Wildman–Crippen LogP) is 4.99. The van der Waals surface area contributed by atoms with Crippen LogP contribution in [0.1, 0.15) is 27.4 Å². The van der Waals surface area contributed by atoms with E-state index in [1.807, 2.05) is 42.5 Å². The van der Waals surface area contributed by atoms with Crippen LogP contribution in [0.15, 0.2) is 107 Å². The summed E-state index contributed by atoms with van der Waals surface area (Å²) in [4.78, 5) is 22.2. The Kier molecular flexibility index (Phi) is 5.88. The molecule has 0 aliphatic heterocycles. The number of nitrogens with one attached hydrogen (secondary N) is 1. The molecule has 1 atom stereocenters. The van der Waals surface area contributed by atoms with Gasteiger partial charge in [-0.25, -0.2) is 13.4 Å². The molecule has 5 rings (SSSR count). The molecule has 1 aliphatic carbocycles. The lowest BCUT2D eigenvalue weighted by Gasteiger charge is -2.12. The van der Waals surface area contributed by atoms with Gasteiger partial charge in [-0.2, -0.15) is 0 Å². The van der Waals surface area contributed by atoms with Crippen LogP contribution in [0.3, 0.4) is 0 Å². The molecule has 0 bridgehead atoms. The number of nitrogens with zero attached hydrogens (tertiary/aromatic N) is 2. The molecule has 0 saturated heterocycles. The third kappa shape index (κ3) is 4.43. The molecule has 0 radical (unpaired) electrons. The second-order valence-corrected chi connectivity index (χ2v) is 9.61. The van der Waals surface area contributed by atoms with Crippen LogP contribution >= 0.6 is 0 Å². The van der Waals surface area contributed by atoms with E-state index < -0.39 is 15.9 Å². The number of ketones is 1. The van der Waals surface area contributed by atoms with Gasteiger partial charge in [-0.05, 0) is 54.1 Å². The standard InChI is InChI=1S/C27H21N3O4S/c1-34-20-13-9-18(10-14-20)25-26(22-6-2-3-7-23(22)27(25)31)29-19-11-15-21(16-12-19)35(32,33)30-24-8-4-5-17-28-24/h2-17,25H,1H3,(H,28,30)/t25-/m0/s1. The lowest BCUT2D eigenvalue weighted by atomic mass is 9.93. The zero-order chi connectivity index (χ0) is 24.4. The lowest BCUT2D eigenvalue weighted by Crippen LogP contribution is -2.14. The minimum absolute atomic E-state index is 0.0247. The van der Waals surface area contributed by atoms with Gasteiger partial charge in [-0.3, -0.25) is 14.5 Å². The minimum atomic E-state index is -3.80. The van der Waals surface area contributed by atoms with Gasteiger partial charge in [0.15, 0.2) is 5.78 Å². The Bertz CT molecular complexity index is 1520. The fourth-order valence-corrected chi connectivity index (χ4v) is 5.05. The Morgan fingerprint density at radius 3 is 2.20 bits per heavy atom. The highest BCUT2D eigenvalue weighted by atomic mass is 32.2. The van der Waals surface area contributed by atoms with Gasteiger partial charge in [0, 0.05) is 17.3 Å². The maximum atomic E-state index is 13.3. The Morgan fingerprint density at radius 2 is 1.54 bits per heavy atom. The molecule has 0 saturated carbocycles. The number of fused-ring (bicyclic) bond motifs is 1. The number of ether oxygens (including phenoxy) is 1. The molecular formula is C27H21N3O4S. The number of carbonyl (C=O) groups excluding carboxylic acids is 1. The first kappa shape index (κ1) is 22.5. The molecule has 1 aliphatic rings. The van der Waals surface area contributed by atoms with E-state index in [-0.39, 0.29) is 16.5 Å². The van der Waals surface area contributed by atoms with Crippen molar-refractivity contribution < 1.29 is 17.9 Å². The van der Waals surface area contributed by atoms with Crippen molar-refractivity contribution in [3.8, 4) is 5.75 Å². The van der Waals surface area contributed by atoms with Gasteiger partial charge in [0.25, 0.3) is 10.0 Å². The summed E-state index contributed by atoms with van der Waals surface area (Å²) >= 11 is 0. The lowest BCUT2D eigenvalue weighted by molar-refractivity contribution is 0.0988. The van der Waals surface area contributed by atoms with E-state index in [1.165, 1.54) is 18.3 Å². The van der Waals surface area contributed by atoms with E-state index in [1.54, 1.807) is 43.5 Å². The zero-order valence-electron chi connectivity index (χ0n) is 18.8. The van der Waals surface area contributed by atoms with Crippen LogP contribution < -0.4 is 9.46 Å². The summed E-state index contributed by atoms with van der Waals surface area (Å²) in [7, 11) is -2.21. The number of Topliss-reactive ketones (excluding diaryl/α,β-unsaturated/α-hetero) is 1. The van der Waals surface area contributed by atoms with Crippen LogP contribution in [0, 0.1) is 0 Å². The highest BCUT2D eigenvalue weighted by Crippen LogP contribution is 2.36. The third-order valence-electron chi connectivity index (χ3n) is 5.75. The number of anilines is 1. The van der Waals surface area contributed by atoms with Gasteiger partial charge in [-0.15, -0.1) is 0 Å². The van der Waals surface area contributed by atoms with Gasteiger partial charge in [0.05, 0.1) is 29.3 Å². The smallest absolute Gasteiger partial charge is 0.263 e. The van der Waals surface area contributed by atoms with Crippen molar-refractivity contribution in [1.82, 2.24) is 4.98 Å². The van der Waals surface area contributed by atoms with Crippen LogP contribution in [-0.2, 0) is 10.0 Å². The van der Waals surface area contributed by atoms with Crippen molar-refractivity contribution >= 4 is 33.0 Å². The fourth-order valence-electron chi connectivity index (χ4n) is 4.05. The molecular weight excluding hydrogens is 462 g/mol. The van der Waals surface area contributed by atoms with Gasteiger partial charge >= 0.3 is 0 Å². The number of hydrogen-bond acceptors (Lipinski definition) is 6. The van der Waals surface area contributed by atoms with Crippen LogP contribution in [0.2, 0.25) is 0 Å². The number of rotatable bonds is 6. The van der Waals surface area contributed by atoms with Crippen LogP contribution in [-0.4, -0.2) is 32.0 Å². The molecule has 0 spiro atoms. The fraction of sp³-hybridized carbons (Fsp3) is 0.0741. The number of benzene rings is 3. The summed E-state index contributed by atoms with van der Waals surface area (Å²) in [6, 6.07) is 25.9. The summed E-state index contributed by atoms with van der Waals surface area (Å²) < 4.78 is 33.1. The van der Waals surface area contributed by atoms with Crippen molar-refractivity contribution in [2.24, 2.45) is 4.99 Å². The number of hydrogen-bond donors (Lipinski definition) is 1. The molecule has 1 heterocycles. The van der Waals surface area contributed by atoms with Gasteiger partial charge in [-0.1, -0.05) is 42.5 Å². The second kappa shape index (κ2) is 9.15. The average Bonchev–Trinajstić information content (AvgIpc) is 3.16. The summed E-state index contributed by atoms with van der Waals surface area (Å²) in [5.41, 5.74) is 3.36. The van der Waals surface area contributed by atoms with E-state index in [0.717, 1.165) is 11.1 Å². The van der Waals surface area contributed by atoms with E-state index in [4.69, 9.17) is 9.73 Å². The molecule has 4 aromatic rings. The van der Waals surface area contributed by atoms with E-state index >= 15 is 0 Å². The maximum Gasteiger partial charge on any atom is 0.263 e. The number of methoxy groups -OCH3 is 1. The molecule has 0 amide bonds. The van der Waals surface area contributed by atoms with Crippen molar-refractivity contribution in [1.29, 1.82) is 0 Å². The molecule has 0 fully saturated rings. The van der Waals surface area contributed by atoms with E-state index in [2.05, 4.69) is 9.71 Å². The monoisotopic (exact) mass is 483 g/mol. The summed E-state index contributed by atoms with van der Waals surface area (Å²) in [5, 5.41) is 0. The summed E-state index contributed by atoms with van der Waals surface area (Å²) in [6.45, 7) is 0. The molecule has 3 aromatic carbocycles. The van der Waals surface area contributed by atoms with Gasteiger partial charge in [0.1, 0.15) is 11.6 Å². The second-order valence-electron chi connectivity index (χ2n) is 7.93. The normalized spacial score (nSPS) is 16.2. The van der Waals surface area contributed by atoms with Gasteiger partial charge in [0.2, 0.25) is 0 Å². The average molecular weight is 484 g/mol. The number of aliphatic imine (C=N–C) groups is 1. The highest BCUT2D eigenvalue weighted by Gasteiger charge is 2.37. The first-order chi connectivity index (χ1) is 17.0. The van der Waals surface area contributed by atoms with Gasteiger partial charge < -0.3 is 4.74 Å². The van der Waals surface area contributed by atoms with E-state index in [9.17, 15) is 13.2 Å². The van der Waals surface area contributed by atoms with Crippen molar-refractivity contribution in [3.63, 3.8) is 0 Å². The number of aromatic nitrogens is 1. The Labute approximate surface area is 203 Å². The molecule has 1 N–H and O–H groups in total. The minimum Gasteiger partial charge on any atom is -0.497 e. The topological polar surface area (TPSA) is 97.7 Å². The van der Waals surface area contributed by atoms with Crippen LogP contribution in [0.5, 0.6) is 5.75 Å². The van der Waals surface area contributed by atoms with Crippen LogP contribution in [0.4, 0.5) is 11.5 Å². The Morgan fingerprint density at radius 1 is 0.857 bits per heavy atom. The highest BCUT2D eigenvalue weighted by molar-refractivity contribution is 7.92. The quantitative estimate of drug-likeness (QED) is 0.417. The van der Waals surface area contributed by atoms with Crippen molar-refractivity contribution in [3.05, 3.63) is 114 Å². The van der Waals surface area contributed by atoms with E-state index in [0.29, 0.717) is 22.7 Å². The first-order valence-electron chi connectivity index (χ1n) is 10.9. The molecule has 174 valence electrons. The summed E-state index contributed by atoms with van der Waals surface area (Å²) in [5.74, 6) is 0.349. The predicted molar refractivity (Wildman–Crippen MR) is 134 cm³/mol. The SMILES string of the molecule is COc1ccc([C@@H]2C(=O)c3ccccc3C2=Nc2ccc(S(=O)(=O)Nc3ccccn3)cc2)cc1. The third-order valence-corrected chi connectivity index (χ3v) is 7.12. The zero-order valence-corrected chi connectivity index (χ0v) is 19.6. The summed E-state index contributed by atoms with van der Waals surface area (Å²) in [6.07, 6.45) is 1.51. The first-order valence-corrected chi connectivity index (χ1v) is 12.3. The molecule has 35 heavy (non-hydrogen) atoms. The number of pyridine rings is 1.